The van der Waals surface area contributed by atoms with Gasteiger partial charge >= 0.3 is 5.97 Å². The number of anilines is 2. The maximum atomic E-state index is 12.6. The molecule has 4 rings (SSSR count). The zero-order valence-electron chi connectivity index (χ0n) is 19.8. The molecule has 2 aliphatic rings. The van der Waals surface area contributed by atoms with Crippen molar-refractivity contribution in [2.45, 2.75) is 61.7 Å². The Balaban J connectivity index is 1.51. The number of carbonyl (C=O) groups excluding carboxylic acids is 1. The predicted octanol–water partition coefficient (Wildman–Crippen LogP) is 3.36. The highest BCUT2D eigenvalue weighted by molar-refractivity contribution is 7.99. The lowest BCUT2D eigenvalue weighted by atomic mass is 9.99. The first-order valence-electron chi connectivity index (χ1n) is 11.5. The maximum absolute atomic E-state index is 12.6. The van der Waals surface area contributed by atoms with Gasteiger partial charge in [0.1, 0.15) is 17.8 Å². The van der Waals surface area contributed by atoms with Crippen LogP contribution in [-0.2, 0) is 20.9 Å². The summed E-state index contributed by atoms with van der Waals surface area (Å²) in [7, 11) is 1.65. The van der Waals surface area contributed by atoms with E-state index in [0.717, 1.165) is 39.8 Å². The summed E-state index contributed by atoms with van der Waals surface area (Å²) in [5.74, 6) is 0.0164. The first kappa shape index (κ1) is 24.4. The van der Waals surface area contributed by atoms with E-state index in [-0.39, 0.29) is 11.9 Å². The third kappa shape index (κ3) is 5.03. The van der Waals surface area contributed by atoms with Crippen molar-refractivity contribution >= 4 is 35.1 Å². The summed E-state index contributed by atoms with van der Waals surface area (Å²) >= 11 is 1.58. The van der Waals surface area contributed by atoms with Gasteiger partial charge in [0.15, 0.2) is 5.82 Å². The lowest BCUT2D eigenvalue weighted by Gasteiger charge is -2.40. The Hall–Kier alpha value is -2.69. The molecule has 1 aromatic heterocycles. The molecule has 1 aromatic carbocycles. The number of nitrogens with zero attached hydrogens (tertiary/aromatic N) is 5. The molecule has 9 nitrogen and oxygen atoms in total. The van der Waals surface area contributed by atoms with Crippen molar-refractivity contribution in [3.05, 3.63) is 36.2 Å². The monoisotopic (exact) mass is 485 g/mol. The summed E-state index contributed by atoms with van der Waals surface area (Å²) in [5.41, 5.74) is 2.02. The van der Waals surface area contributed by atoms with E-state index in [1.165, 1.54) is 0 Å². The van der Waals surface area contributed by atoms with Gasteiger partial charge in [-0.25, -0.2) is 9.97 Å². The predicted molar refractivity (Wildman–Crippen MR) is 129 cm³/mol. The molecule has 10 heteroatoms. The minimum Gasteiger partial charge on any atom is -0.480 e. The SMILES string of the molecule is CCC(C(=O)O)N1CCC(N(Cc2ccc3c(c2)N(COC)c2nccnc2S3)C(C)=O)CC1. The van der Waals surface area contributed by atoms with Crippen LogP contribution in [0.15, 0.2) is 40.5 Å². The number of aliphatic carboxylic acids is 1. The second-order valence-corrected chi connectivity index (χ2v) is 9.64. The number of benzene rings is 1. The Kier molecular flexibility index (Phi) is 7.70. The quantitative estimate of drug-likeness (QED) is 0.603. The average molecular weight is 486 g/mol. The van der Waals surface area contributed by atoms with Crippen LogP contribution in [0.4, 0.5) is 11.5 Å². The zero-order valence-corrected chi connectivity index (χ0v) is 20.6. The Morgan fingerprint density at radius 2 is 2.00 bits per heavy atom. The standard InChI is InChI=1S/C24H31N5O4S/c1-4-19(24(31)32)27-11-7-18(8-12-27)28(16(2)30)14-17-5-6-21-20(13-17)29(15-33-3)22-23(34-21)26-10-9-25-22/h5-6,9-10,13,18-19H,4,7-8,11-12,14-15H2,1-3H3,(H,31,32). The number of amides is 1. The maximum Gasteiger partial charge on any atom is 0.320 e. The van der Waals surface area contributed by atoms with Crippen molar-refractivity contribution in [2.24, 2.45) is 0 Å². The van der Waals surface area contributed by atoms with Crippen LogP contribution in [0.1, 0.15) is 38.7 Å². The number of carbonyl (C=O) groups is 2. The van der Waals surface area contributed by atoms with E-state index in [0.29, 0.717) is 32.8 Å². The molecule has 2 aromatic rings. The van der Waals surface area contributed by atoms with Gasteiger partial charge in [-0.2, -0.15) is 0 Å². The molecule has 3 heterocycles. The van der Waals surface area contributed by atoms with Crippen molar-refractivity contribution in [1.82, 2.24) is 19.8 Å². The Morgan fingerprint density at radius 3 is 2.65 bits per heavy atom. The molecule has 34 heavy (non-hydrogen) atoms. The average Bonchev–Trinajstić information content (AvgIpc) is 2.83. The molecule has 0 radical (unpaired) electrons. The number of rotatable bonds is 8. The number of aromatic nitrogens is 2. The third-order valence-electron chi connectivity index (χ3n) is 6.49. The number of likely N-dealkylation sites (tertiary alicyclic amines) is 1. The summed E-state index contributed by atoms with van der Waals surface area (Å²) in [5, 5.41) is 10.3. The van der Waals surface area contributed by atoms with Gasteiger partial charge < -0.3 is 14.7 Å². The molecule has 0 aliphatic carbocycles. The van der Waals surface area contributed by atoms with Crippen molar-refractivity contribution in [1.29, 1.82) is 0 Å². The minimum atomic E-state index is -0.775. The van der Waals surface area contributed by atoms with Crippen LogP contribution in [0.3, 0.4) is 0 Å². The van der Waals surface area contributed by atoms with Crippen LogP contribution in [0.25, 0.3) is 0 Å². The van der Waals surface area contributed by atoms with Crippen molar-refractivity contribution in [3.63, 3.8) is 0 Å². The van der Waals surface area contributed by atoms with Gasteiger partial charge in [-0.15, -0.1) is 0 Å². The van der Waals surface area contributed by atoms with E-state index in [2.05, 4.69) is 28.2 Å². The third-order valence-corrected chi connectivity index (χ3v) is 7.54. The molecule has 1 N–H and O–H groups in total. The number of carboxylic acids is 1. The Labute approximate surface area is 204 Å². The molecule has 1 atom stereocenters. The number of hydrogen-bond donors (Lipinski definition) is 1. The first-order valence-corrected chi connectivity index (χ1v) is 12.4. The van der Waals surface area contributed by atoms with Gasteiger partial charge in [0.05, 0.1) is 5.69 Å². The Morgan fingerprint density at radius 1 is 1.26 bits per heavy atom. The van der Waals surface area contributed by atoms with Crippen LogP contribution in [-0.4, -0.2) is 75.8 Å². The van der Waals surface area contributed by atoms with Gasteiger partial charge in [0, 0.05) is 57.0 Å². The highest BCUT2D eigenvalue weighted by atomic mass is 32.2. The number of fused-ring (bicyclic) bond motifs is 2. The molecule has 0 spiro atoms. The van der Waals surface area contributed by atoms with Crippen molar-refractivity contribution in [3.8, 4) is 0 Å². The van der Waals surface area contributed by atoms with E-state index < -0.39 is 12.0 Å². The highest BCUT2D eigenvalue weighted by Gasteiger charge is 2.32. The fraction of sp³-hybridized carbons (Fsp3) is 0.500. The fourth-order valence-corrected chi connectivity index (χ4v) is 5.79. The van der Waals surface area contributed by atoms with Crippen LogP contribution < -0.4 is 4.90 Å². The minimum absolute atomic E-state index is 0.0285. The molecular formula is C24H31N5O4S. The second kappa shape index (κ2) is 10.7. The lowest BCUT2D eigenvalue weighted by molar-refractivity contribution is -0.145. The summed E-state index contributed by atoms with van der Waals surface area (Å²) < 4.78 is 5.44. The molecule has 0 saturated carbocycles. The van der Waals surface area contributed by atoms with E-state index >= 15 is 0 Å². The van der Waals surface area contributed by atoms with E-state index in [9.17, 15) is 14.7 Å². The molecule has 0 bridgehead atoms. The van der Waals surface area contributed by atoms with E-state index in [1.807, 2.05) is 21.6 Å². The highest BCUT2D eigenvalue weighted by Crippen LogP contribution is 2.46. The first-order chi connectivity index (χ1) is 16.4. The fourth-order valence-electron chi connectivity index (χ4n) is 4.80. The smallest absolute Gasteiger partial charge is 0.320 e. The lowest BCUT2D eigenvalue weighted by Crippen LogP contribution is -2.51. The molecule has 1 fully saturated rings. The van der Waals surface area contributed by atoms with E-state index in [4.69, 9.17) is 4.74 Å². The Bertz CT molecular complexity index is 1040. The number of piperidine rings is 1. The number of methoxy groups -OCH3 is 1. The van der Waals surface area contributed by atoms with Gasteiger partial charge in [-0.3, -0.25) is 19.4 Å². The summed E-state index contributed by atoms with van der Waals surface area (Å²) in [6.45, 7) is 5.71. The molecule has 1 unspecified atom stereocenters. The van der Waals surface area contributed by atoms with Gasteiger partial charge in [-0.1, -0.05) is 24.8 Å². The van der Waals surface area contributed by atoms with Crippen LogP contribution in [0.2, 0.25) is 0 Å². The summed E-state index contributed by atoms with van der Waals surface area (Å²) in [6, 6.07) is 5.85. The molecule has 2 aliphatic heterocycles. The van der Waals surface area contributed by atoms with Crippen molar-refractivity contribution in [2.75, 3.05) is 31.8 Å². The van der Waals surface area contributed by atoms with E-state index in [1.54, 1.807) is 38.2 Å². The van der Waals surface area contributed by atoms with Crippen LogP contribution in [0, 0.1) is 0 Å². The largest absolute Gasteiger partial charge is 0.480 e. The summed E-state index contributed by atoms with van der Waals surface area (Å²) in [6.07, 6.45) is 5.47. The second-order valence-electron chi connectivity index (χ2n) is 8.61. The molecular weight excluding hydrogens is 454 g/mol. The van der Waals surface area contributed by atoms with Crippen molar-refractivity contribution < 1.29 is 19.4 Å². The van der Waals surface area contributed by atoms with Crippen LogP contribution in [0.5, 0.6) is 0 Å². The molecule has 1 amide bonds. The van der Waals surface area contributed by atoms with Gasteiger partial charge in [0.25, 0.3) is 0 Å². The van der Waals surface area contributed by atoms with Gasteiger partial charge in [0.2, 0.25) is 5.91 Å². The zero-order chi connectivity index (χ0) is 24.2. The number of carboxylic acid groups (broad SMARTS) is 1. The normalized spacial score (nSPS) is 17.1. The number of hydrogen-bond acceptors (Lipinski definition) is 8. The molecule has 1 saturated heterocycles. The molecule has 182 valence electrons. The summed E-state index contributed by atoms with van der Waals surface area (Å²) in [4.78, 5) is 40.1. The van der Waals surface area contributed by atoms with Gasteiger partial charge in [-0.05, 0) is 37.0 Å². The topological polar surface area (TPSA) is 99.1 Å². The van der Waals surface area contributed by atoms with Crippen LogP contribution >= 0.6 is 11.8 Å². The number of ether oxygens (including phenoxy) is 1.